The van der Waals surface area contributed by atoms with Gasteiger partial charge in [0.15, 0.2) is 0 Å². The van der Waals surface area contributed by atoms with E-state index in [2.05, 4.69) is 17.4 Å². The highest BCUT2D eigenvalue weighted by molar-refractivity contribution is 5.82. The summed E-state index contributed by atoms with van der Waals surface area (Å²) in [4.78, 5) is 26.0. The zero-order valence-electron chi connectivity index (χ0n) is 12.9. The van der Waals surface area contributed by atoms with Crippen LogP contribution in [-0.2, 0) is 27.2 Å². The lowest BCUT2D eigenvalue weighted by Crippen LogP contribution is -2.41. The standard InChI is InChI=1S/C17H22N2O3/c1-22-7-6-16(20)18-14-10-17(21)19(11-14)15-8-12-4-2-3-5-13(12)9-15/h2-5,14-15H,6-11H2,1H3,(H,18,20)/t14-/m1/s1. The Kier molecular flexibility index (Phi) is 4.43. The van der Waals surface area contributed by atoms with Gasteiger partial charge in [0.2, 0.25) is 11.8 Å². The molecule has 2 aliphatic rings. The number of fused-ring (bicyclic) bond motifs is 1. The second-order valence-corrected chi connectivity index (χ2v) is 6.09. The first kappa shape index (κ1) is 15.0. The fourth-order valence-electron chi connectivity index (χ4n) is 3.43. The predicted molar refractivity (Wildman–Crippen MR) is 82.4 cm³/mol. The molecule has 3 rings (SSSR count). The van der Waals surface area contributed by atoms with Gasteiger partial charge in [-0.3, -0.25) is 9.59 Å². The van der Waals surface area contributed by atoms with E-state index in [4.69, 9.17) is 4.74 Å². The summed E-state index contributed by atoms with van der Waals surface area (Å²) in [5.41, 5.74) is 2.68. The van der Waals surface area contributed by atoms with Crippen molar-refractivity contribution in [2.24, 2.45) is 0 Å². The maximum Gasteiger partial charge on any atom is 0.225 e. The largest absolute Gasteiger partial charge is 0.384 e. The molecule has 5 nitrogen and oxygen atoms in total. The Bertz CT molecular complexity index is 548. The van der Waals surface area contributed by atoms with Crippen LogP contribution in [0.5, 0.6) is 0 Å². The quantitative estimate of drug-likeness (QED) is 0.879. The first-order valence-corrected chi connectivity index (χ1v) is 7.82. The summed E-state index contributed by atoms with van der Waals surface area (Å²) in [6, 6.07) is 8.55. The molecule has 0 aromatic heterocycles. The predicted octanol–water partition coefficient (Wildman–Crippen LogP) is 0.907. The first-order valence-electron chi connectivity index (χ1n) is 7.82. The third-order valence-electron chi connectivity index (χ3n) is 4.53. The molecular weight excluding hydrogens is 280 g/mol. The van der Waals surface area contributed by atoms with E-state index in [9.17, 15) is 9.59 Å². The van der Waals surface area contributed by atoms with Crippen LogP contribution in [0.2, 0.25) is 0 Å². The third-order valence-corrected chi connectivity index (χ3v) is 4.53. The summed E-state index contributed by atoms with van der Waals surface area (Å²) >= 11 is 0. The molecule has 0 saturated carbocycles. The van der Waals surface area contributed by atoms with Gasteiger partial charge in [0, 0.05) is 32.5 Å². The van der Waals surface area contributed by atoms with Crippen LogP contribution in [0.1, 0.15) is 24.0 Å². The lowest BCUT2D eigenvalue weighted by molar-refractivity contribution is -0.129. The monoisotopic (exact) mass is 302 g/mol. The molecule has 0 spiro atoms. The van der Waals surface area contributed by atoms with Gasteiger partial charge in [0.1, 0.15) is 0 Å². The minimum Gasteiger partial charge on any atom is -0.384 e. The molecule has 0 bridgehead atoms. The normalized spacial score (nSPS) is 21.2. The topological polar surface area (TPSA) is 58.6 Å². The van der Waals surface area contributed by atoms with E-state index in [0.29, 0.717) is 26.0 Å². The number of methoxy groups -OCH3 is 1. The Balaban J connectivity index is 1.56. The van der Waals surface area contributed by atoms with Crippen molar-refractivity contribution in [1.82, 2.24) is 10.2 Å². The fourth-order valence-corrected chi connectivity index (χ4v) is 3.43. The molecule has 1 fully saturated rings. The van der Waals surface area contributed by atoms with Crippen LogP contribution in [0.15, 0.2) is 24.3 Å². The zero-order valence-corrected chi connectivity index (χ0v) is 12.9. The van der Waals surface area contributed by atoms with E-state index in [1.165, 1.54) is 11.1 Å². The third kappa shape index (κ3) is 3.14. The van der Waals surface area contributed by atoms with Gasteiger partial charge in [0.05, 0.1) is 12.6 Å². The highest BCUT2D eigenvalue weighted by atomic mass is 16.5. The Morgan fingerprint density at radius 3 is 2.59 bits per heavy atom. The number of hydrogen-bond donors (Lipinski definition) is 1. The van der Waals surface area contributed by atoms with Crippen LogP contribution >= 0.6 is 0 Å². The van der Waals surface area contributed by atoms with Crippen molar-refractivity contribution in [3.8, 4) is 0 Å². The molecule has 1 aromatic rings. The van der Waals surface area contributed by atoms with E-state index in [0.717, 1.165) is 12.8 Å². The summed E-state index contributed by atoms with van der Waals surface area (Å²) in [5.74, 6) is 0.103. The summed E-state index contributed by atoms with van der Waals surface area (Å²) < 4.78 is 4.90. The SMILES string of the molecule is COCCC(=O)N[C@@H]1CC(=O)N(C2Cc3ccccc3C2)C1. The van der Waals surface area contributed by atoms with Crippen molar-refractivity contribution in [1.29, 1.82) is 0 Å². The number of hydrogen-bond acceptors (Lipinski definition) is 3. The first-order chi connectivity index (χ1) is 10.7. The smallest absolute Gasteiger partial charge is 0.225 e. The molecule has 1 saturated heterocycles. The van der Waals surface area contributed by atoms with Crippen LogP contribution in [-0.4, -0.2) is 49.1 Å². The number of nitrogens with one attached hydrogen (secondary N) is 1. The van der Waals surface area contributed by atoms with Crippen molar-refractivity contribution < 1.29 is 14.3 Å². The van der Waals surface area contributed by atoms with E-state index < -0.39 is 0 Å². The molecule has 22 heavy (non-hydrogen) atoms. The molecule has 2 amide bonds. The Morgan fingerprint density at radius 1 is 1.27 bits per heavy atom. The van der Waals surface area contributed by atoms with Gasteiger partial charge in [-0.1, -0.05) is 24.3 Å². The van der Waals surface area contributed by atoms with Crippen LogP contribution in [0, 0.1) is 0 Å². The molecule has 1 aromatic carbocycles. The van der Waals surface area contributed by atoms with E-state index in [1.54, 1.807) is 7.11 Å². The molecule has 0 unspecified atom stereocenters. The maximum absolute atomic E-state index is 12.3. The molecular formula is C17H22N2O3. The van der Waals surface area contributed by atoms with Crippen LogP contribution < -0.4 is 5.32 Å². The number of benzene rings is 1. The zero-order chi connectivity index (χ0) is 15.5. The summed E-state index contributed by atoms with van der Waals surface area (Å²) in [6.07, 6.45) is 2.60. The van der Waals surface area contributed by atoms with Crippen molar-refractivity contribution in [3.05, 3.63) is 35.4 Å². The molecule has 1 heterocycles. The van der Waals surface area contributed by atoms with Gasteiger partial charge in [-0.15, -0.1) is 0 Å². The molecule has 0 radical (unpaired) electrons. The van der Waals surface area contributed by atoms with Gasteiger partial charge in [-0.2, -0.15) is 0 Å². The Hall–Kier alpha value is -1.88. The lowest BCUT2D eigenvalue weighted by atomic mass is 10.1. The maximum atomic E-state index is 12.3. The van der Waals surface area contributed by atoms with Crippen LogP contribution in [0.4, 0.5) is 0 Å². The molecule has 1 N–H and O–H groups in total. The van der Waals surface area contributed by atoms with Crippen molar-refractivity contribution in [3.63, 3.8) is 0 Å². The number of ether oxygens (including phenoxy) is 1. The van der Waals surface area contributed by atoms with E-state index in [-0.39, 0.29) is 23.9 Å². The number of carbonyl (C=O) groups is 2. The van der Waals surface area contributed by atoms with Crippen molar-refractivity contribution in [2.75, 3.05) is 20.3 Å². The molecule has 1 atom stereocenters. The molecule has 5 heteroatoms. The second kappa shape index (κ2) is 6.48. The van der Waals surface area contributed by atoms with Crippen molar-refractivity contribution >= 4 is 11.8 Å². The highest BCUT2D eigenvalue weighted by Crippen LogP contribution is 2.28. The highest BCUT2D eigenvalue weighted by Gasteiger charge is 2.37. The second-order valence-electron chi connectivity index (χ2n) is 6.09. The summed E-state index contributed by atoms with van der Waals surface area (Å²) in [7, 11) is 1.58. The molecule has 1 aliphatic carbocycles. The summed E-state index contributed by atoms with van der Waals surface area (Å²) in [6.45, 7) is 1.03. The minimum atomic E-state index is -0.0689. The fraction of sp³-hybridized carbons (Fsp3) is 0.529. The summed E-state index contributed by atoms with van der Waals surface area (Å²) in [5, 5.41) is 2.94. The molecule has 118 valence electrons. The van der Waals surface area contributed by atoms with Gasteiger partial charge >= 0.3 is 0 Å². The van der Waals surface area contributed by atoms with Gasteiger partial charge in [-0.05, 0) is 24.0 Å². The number of amides is 2. The Labute approximate surface area is 130 Å². The van der Waals surface area contributed by atoms with Crippen LogP contribution in [0.3, 0.4) is 0 Å². The molecule has 1 aliphatic heterocycles. The van der Waals surface area contributed by atoms with E-state index in [1.807, 2.05) is 17.0 Å². The lowest BCUT2D eigenvalue weighted by Gasteiger charge is -2.24. The number of nitrogens with zero attached hydrogens (tertiary/aromatic N) is 1. The minimum absolute atomic E-state index is 0.0452. The Morgan fingerprint density at radius 2 is 1.95 bits per heavy atom. The van der Waals surface area contributed by atoms with E-state index >= 15 is 0 Å². The van der Waals surface area contributed by atoms with Crippen molar-refractivity contribution in [2.45, 2.75) is 37.8 Å². The number of rotatable bonds is 5. The number of carbonyl (C=O) groups excluding carboxylic acids is 2. The van der Waals surface area contributed by atoms with Gasteiger partial charge in [-0.25, -0.2) is 0 Å². The average Bonchev–Trinajstić information content (AvgIpc) is 3.08. The average molecular weight is 302 g/mol. The van der Waals surface area contributed by atoms with Crippen LogP contribution in [0.25, 0.3) is 0 Å². The van der Waals surface area contributed by atoms with Gasteiger partial charge < -0.3 is 15.0 Å². The van der Waals surface area contributed by atoms with Gasteiger partial charge in [0.25, 0.3) is 0 Å². The number of likely N-dealkylation sites (tertiary alicyclic amines) is 1.